The Morgan fingerprint density at radius 1 is 1.50 bits per heavy atom. The number of nitrogens with one attached hydrogen (secondary N) is 1. The second-order valence-corrected chi connectivity index (χ2v) is 8.65. The summed E-state index contributed by atoms with van der Waals surface area (Å²) in [5, 5.41) is 2.61. The van der Waals surface area contributed by atoms with Crippen molar-refractivity contribution in [3.8, 4) is 0 Å². The Labute approximate surface area is 129 Å². The second-order valence-electron chi connectivity index (χ2n) is 5.20. The molecule has 1 saturated carbocycles. The van der Waals surface area contributed by atoms with Crippen LogP contribution in [0, 0.1) is 11.2 Å². The summed E-state index contributed by atoms with van der Waals surface area (Å²) in [5.41, 5.74) is -0.276. The van der Waals surface area contributed by atoms with E-state index in [-0.39, 0.29) is 15.5 Å². The number of hydrogen-bond donors (Lipinski definition) is 1. The van der Waals surface area contributed by atoms with Crippen molar-refractivity contribution in [2.45, 2.75) is 24.7 Å². The summed E-state index contributed by atoms with van der Waals surface area (Å²) in [4.78, 5) is 11.2. The monoisotopic (exact) mass is 383 g/mol. The third-order valence-electron chi connectivity index (χ3n) is 3.29. The van der Waals surface area contributed by atoms with Crippen molar-refractivity contribution in [3.05, 3.63) is 28.0 Å². The van der Waals surface area contributed by atoms with E-state index < -0.39 is 25.7 Å². The van der Waals surface area contributed by atoms with E-state index in [1.807, 2.05) is 6.92 Å². The largest absolute Gasteiger partial charge is 0.351 e. The maximum atomic E-state index is 14.1. The molecule has 0 bridgehead atoms. The molecule has 0 spiro atoms. The van der Waals surface area contributed by atoms with E-state index in [9.17, 15) is 17.6 Å². The number of amides is 1. The van der Waals surface area contributed by atoms with Crippen LogP contribution in [0.5, 0.6) is 0 Å². The Bertz CT molecular complexity index is 674. The van der Waals surface area contributed by atoms with E-state index in [4.69, 9.17) is 10.7 Å². The quantitative estimate of drug-likeness (QED) is 0.812. The van der Waals surface area contributed by atoms with Crippen molar-refractivity contribution >= 4 is 41.6 Å². The van der Waals surface area contributed by atoms with Crippen molar-refractivity contribution in [3.63, 3.8) is 0 Å². The average molecular weight is 385 g/mol. The predicted molar refractivity (Wildman–Crippen MR) is 76.8 cm³/mol. The van der Waals surface area contributed by atoms with Crippen LogP contribution in [0.1, 0.15) is 30.1 Å². The van der Waals surface area contributed by atoms with Gasteiger partial charge in [0.15, 0.2) is 5.82 Å². The van der Waals surface area contributed by atoms with Gasteiger partial charge in [-0.25, -0.2) is 12.8 Å². The Morgan fingerprint density at radius 2 is 2.10 bits per heavy atom. The molecule has 1 fully saturated rings. The van der Waals surface area contributed by atoms with Gasteiger partial charge in [-0.15, -0.1) is 0 Å². The Hall–Kier alpha value is -0.660. The minimum atomic E-state index is -4.26. The Balaban J connectivity index is 2.31. The topological polar surface area (TPSA) is 63.2 Å². The Morgan fingerprint density at radius 3 is 2.60 bits per heavy atom. The van der Waals surface area contributed by atoms with Gasteiger partial charge in [-0.3, -0.25) is 4.79 Å². The minimum absolute atomic E-state index is 0.0690. The zero-order chi connectivity index (χ0) is 15.1. The molecule has 1 aromatic carbocycles. The number of halogens is 3. The summed E-state index contributed by atoms with van der Waals surface area (Å²) < 4.78 is 36.9. The van der Waals surface area contributed by atoms with Gasteiger partial charge >= 0.3 is 0 Å². The molecule has 0 radical (unpaired) electrons. The third-order valence-corrected chi connectivity index (χ3v) is 5.07. The van der Waals surface area contributed by atoms with Crippen LogP contribution < -0.4 is 5.32 Å². The zero-order valence-corrected chi connectivity index (χ0v) is 13.7. The van der Waals surface area contributed by atoms with Crippen LogP contribution in [0.2, 0.25) is 0 Å². The molecule has 8 heteroatoms. The number of benzene rings is 1. The van der Waals surface area contributed by atoms with E-state index in [2.05, 4.69) is 21.2 Å². The van der Waals surface area contributed by atoms with E-state index in [1.54, 1.807) is 0 Å². The summed E-state index contributed by atoms with van der Waals surface area (Å²) in [5.74, 6) is -1.79. The normalized spacial score (nSPS) is 16.8. The molecule has 0 unspecified atom stereocenters. The van der Waals surface area contributed by atoms with Gasteiger partial charge in [0, 0.05) is 21.7 Å². The van der Waals surface area contributed by atoms with Crippen LogP contribution in [-0.4, -0.2) is 20.9 Å². The van der Waals surface area contributed by atoms with Crippen molar-refractivity contribution in [2.75, 3.05) is 6.54 Å². The fourth-order valence-corrected chi connectivity index (χ4v) is 3.22. The second kappa shape index (κ2) is 5.27. The zero-order valence-electron chi connectivity index (χ0n) is 10.5. The van der Waals surface area contributed by atoms with Crippen LogP contribution >= 0.6 is 26.6 Å². The van der Waals surface area contributed by atoms with Gasteiger partial charge < -0.3 is 5.32 Å². The summed E-state index contributed by atoms with van der Waals surface area (Å²) in [6.45, 7) is 2.44. The molecule has 0 atom stereocenters. The van der Waals surface area contributed by atoms with Gasteiger partial charge in [-0.2, -0.15) is 0 Å². The first-order valence-electron chi connectivity index (χ1n) is 5.84. The van der Waals surface area contributed by atoms with Gasteiger partial charge in [-0.1, -0.05) is 22.9 Å². The predicted octanol–water partition coefficient (Wildman–Crippen LogP) is 3.05. The summed E-state index contributed by atoms with van der Waals surface area (Å²) in [6.07, 6.45) is 2.02. The molecule has 1 aliphatic rings. The molecule has 1 aliphatic carbocycles. The van der Waals surface area contributed by atoms with Crippen molar-refractivity contribution in [2.24, 2.45) is 5.41 Å². The highest BCUT2D eigenvalue weighted by molar-refractivity contribution is 9.10. The molecule has 20 heavy (non-hydrogen) atoms. The lowest BCUT2D eigenvalue weighted by molar-refractivity contribution is 0.0941. The standard InChI is InChI=1S/C12H12BrClFNO3S/c1-12(2-3-12)6-16-11(17)8-4-7(13)5-9(10(8)15)20(14,18)19/h4-5H,2-3,6H2,1H3,(H,16,17). The van der Waals surface area contributed by atoms with Crippen LogP contribution in [0.25, 0.3) is 0 Å². The molecule has 110 valence electrons. The van der Waals surface area contributed by atoms with Crippen molar-refractivity contribution in [1.29, 1.82) is 0 Å². The summed E-state index contributed by atoms with van der Waals surface area (Å²) >= 11 is 3.04. The van der Waals surface area contributed by atoms with Gasteiger partial charge in [0.05, 0.1) is 5.56 Å². The lowest BCUT2D eigenvalue weighted by Gasteiger charge is -2.12. The summed E-state index contributed by atoms with van der Waals surface area (Å²) in [6, 6.07) is 2.25. The number of carbonyl (C=O) groups is 1. The lowest BCUT2D eigenvalue weighted by atomic mass is 10.1. The van der Waals surface area contributed by atoms with Gasteiger partial charge in [0.2, 0.25) is 0 Å². The van der Waals surface area contributed by atoms with E-state index in [0.29, 0.717) is 6.54 Å². The molecule has 0 saturated heterocycles. The van der Waals surface area contributed by atoms with Crippen molar-refractivity contribution in [1.82, 2.24) is 5.32 Å². The highest BCUT2D eigenvalue weighted by Crippen LogP contribution is 2.44. The molecule has 4 nitrogen and oxygen atoms in total. The van der Waals surface area contributed by atoms with E-state index in [0.717, 1.165) is 18.9 Å². The lowest BCUT2D eigenvalue weighted by Crippen LogP contribution is -2.30. The summed E-state index contributed by atoms with van der Waals surface area (Å²) in [7, 11) is 0.896. The van der Waals surface area contributed by atoms with Gasteiger partial charge in [0.1, 0.15) is 4.90 Å². The van der Waals surface area contributed by atoms with Crippen LogP contribution in [0.15, 0.2) is 21.5 Å². The third kappa shape index (κ3) is 3.51. The molecule has 1 aromatic rings. The minimum Gasteiger partial charge on any atom is -0.351 e. The molecular weight excluding hydrogens is 373 g/mol. The molecule has 0 heterocycles. The number of carbonyl (C=O) groups excluding carboxylic acids is 1. The molecule has 0 aromatic heterocycles. The number of rotatable bonds is 4. The Kier molecular flexibility index (Phi) is 4.15. The molecule has 0 aliphatic heterocycles. The van der Waals surface area contributed by atoms with Gasteiger partial charge in [-0.05, 0) is 30.4 Å². The van der Waals surface area contributed by atoms with Crippen LogP contribution in [0.4, 0.5) is 4.39 Å². The molecule has 2 rings (SSSR count). The van der Waals surface area contributed by atoms with E-state index in [1.165, 1.54) is 6.07 Å². The van der Waals surface area contributed by atoms with Gasteiger partial charge in [0.25, 0.3) is 15.0 Å². The number of hydrogen-bond acceptors (Lipinski definition) is 3. The fourth-order valence-electron chi connectivity index (χ4n) is 1.69. The van der Waals surface area contributed by atoms with Crippen molar-refractivity contribution < 1.29 is 17.6 Å². The fraction of sp³-hybridized carbons (Fsp3) is 0.417. The highest BCUT2D eigenvalue weighted by Gasteiger charge is 2.37. The van der Waals surface area contributed by atoms with E-state index >= 15 is 0 Å². The molecule has 1 N–H and O–H groups in total. The first kappa shape index (κ1) is 15.7. The van der Waals surface area contributed by atoms with Crippen LogP contribution in [0.3, 0.4) is 0 Å². The maximum absolute atomic E-state index is 14.1. The maximum Gasteiger partial charge on any atom is 0.264 e. The first-order chi connectivity index (χ1) is 9.12. The average Bonchev–Trinajstić information content (AvgIpc) is 3.06. The SMILES string of the molecule is CC1(CNC(=O)c2cc(Br)cc(S(=O)(=O)Cl)c2F)CC1. The molecule has 1 amide bonds. The highest BCUT2D eigenvalue weighted by atomic mass is 79.9. The molecular formula is C12H12BrClFNO3S. The first-order valence-corrected chi connectivity index (χ1v) is 8.95. The smallest absolute Gasteiger partial charge is 0.264 e. The van der Waals surface area contributed by atoms with Crippen LogP contribution in [-0.2, 0) is 9.05 Å².